The van der Waals surface area contributed by atoms with Crippen LogP contribution in [0, 0.1) is 12.8 Å². The van der Waals surface area contributed by atoms with Gasteiger partial charge in [-0.05, 0) is 55.0 Å². The van der Waals surface area contributed by atoms with Crippen molar-refractivity contribution < 1.29 is 27.5 Å². The Labute approximate surface area is 198 Å². The standard InChI is InChI=1S/C26H25NO6S/c1-15(2)24(28)22-23(19-7-5-6-8-21(19)34(4,31)32)27(26(30)25(22)29)18-12-10-17(11-13-18)20-14-9-16(3)33-20/h5-15,23,29H,1-4H3. The molecule has 2 heterocycles. The van der Waals surface area contributed by atoms with Crippen molar-refractivity contribution in [3.05, 3.63) is 83.3 Å². The summed E-state index contributed by atoms with van der Waals surface area (Å²) < 4.78 is 30.8. The lowest BCUT2D eigenvalue weighted by molar-refractivity contribution is -0.119. The fourth-order valence-corrected chi connectivity index (χ4v) is 5.08. The number of carbonyl (C=O) groups is 2. The number of sulfone groups is 1. The summed E-state index contributed by atoms with van der Waals surface area (Å²) in [4.78, 5) is 27.6. The molecule has 1 unspecified atom stereocenters. The Hall–Kier alpha value is -3.65. The molecule has 7 nitrogen and oxygen atoms in total. The largest absolute Gasteiger partial charge is 0.503 e. The van der Waals surface area contributed by atoms with Gasteiger partial charge in [-0.15, -0.1) is 0 Å². The molecule has 1 aromatic heterocycles. The van der Waals surface area contributed by atoms with Crippen molar-refractivity contribution in [2.24, 2.45) is 5.92 Å². The lowest BCUT2D eigenvalue weighted by Gasteiger charge is -2.28. The average molecular weight is 480 g/mol. The number of aliphatic hydroxyl groups is 1. The van der Waals surface area contributed by atoms with Crippen LogP contribution in [-0.4, -0.2) is 31.5 Å². The van der Waals surface area contributed by atoms with Gasteiger partial charge in [0.05, 0.1) is 16.5 Å². The van der Waals surface area contributed by atoms with E-state index in [1.54, 1.807) is 56.3 Å². The molecule has 8 heteroatoms. The van der Waals surface area contributed by atoms with Gasteiger partial charge in [0.1, 0.15) is 11.5 Å². The van der Waals surface area contributed by atoms with Crippen molar-refractivity contribution in [3.8, 4) is 11.3 Å². The number of Topliss-reactive ketones (excluding diaryl/α,β-unsaturated/α-hetero) is 1. The van der Waals surface area contributed by atoms with Gasteiger partial charge < -0.3 is 9.52 Å². The van der Waals surface area contributed by atoms with E-state index in [1.165, 1.54) is 11.0 Å². The number of rotatable bonds is 6. The number of aryl methyl sites for hydroxylation is 1. The Kier molecular flexibility index (Phi) is 5.95. The Morgan fingerprint density at radius 2 is 1.68 bits per heavy atom. The second-order valence-electron chi connectivity index (χ2n) is 8.63. The predicted octanol–water partition coefficient (Wildman–Crippen LogP) is 4.78. The number of hydrogen-bond acceptors (Lipinski definition) is 6. The van der Waals surface area contributed by atoms with Crippen molar-refractivity contribution >= 4 is 27.2 Å². The van der Waals surface area contributed by atoms with Crippen molar-refractivity contribution in [1.29, 1.82) is 0 Å². The molecule has 1 aliphatic rings. The van der Waals surface area contributed by atoms with Gasteiger partial charge in [-0.2, -0.15) is 0 Å². The molecule has 1 amide bonds. The number of furan rings is 1. The fourth-order valence-electron chi connectivity index (χ4n) is 4.15. The number of amides is 1. The van der Waals surface area contributed by atoms with Crippen LogP contribution in [-0.2, 0) is 19.4 Å². The van der Waals surface area contributed by atoms with Gasteiger partial charge in [-0.1, -0.05) is 32.0 Å². The molecule has 34 heavy (non-hydrogen) atoms. The Morgan fingerprint density at radius 3 is 2.24 bits per heavy atom. The highest BCUT2D eigenvalue weighted by atomic mass is 32.2. The van der Waals surface area contributed by atoms with Crippen LogP contribution >= 0.6 is 0 Å². The highest BCUT2D eigenvalue weighted by Crippen LogP contribution is 2.44. The third-order valence-corrected chi connectivity index (χ3v) is 6.95. The number of carbonyl (C=O) groups excluding carboxylic acids is 2. The molecule has 0 fully saturated rings. The minimum absolute atomic E-state index is 0.00997. The smallest absolute Gasteiger partial charge is 0.294 e. The number of aliphatic hydroxyl groups excluding tert-OH is 1. The van der Waals surface area contributed by atoms with E-state index in [9.17, 15) is 23.1 Å². The topological polar surface area (TPSA) is 105 Å². The SMILES string of the molecule is Cc1ccc(-c2ccc(N3C(=O)C(O)=C(C(=O)C(C)C)C3c3ccccc3S(C)(=O)=O)cc2)o1. The first-order valence-corrected chi connectivity index (χ1v) is 12.7. The third-order valence-electron chi connectivity index (χ3n) is 5.78. The van der Waals surface area contributed by atoms with Crippen LogP contribution in [0.1, 0.15) is 31.2 Å². The zero-order valence-corrected chi connectivity index (χ0v) is 20.1. The number of hydrogen-bond donors (Lipinski definition) is 1. The molecule has 0 spiro atoms. The van der Waals surface area contributed by atoms with Crippen LogP contribution in [0.4, 0.5) is 5.69 Å². The first-order valence-electron chi connectivity index (χ1n) is 10.8. The van der Waals surface area contributed by atoms with Crippen molar-refractivity contribution in [1.82, 2.24) is 0 Å². The molecule has 2 aromatic carbocycles. The summed E-state index contributed by atoms with van der Waals surface area (Å²) in [5, 5.41) is 10.8. The summed E-state index contributed by atoms with van der Waals surface area (Å²) in [6.07, 6.45) is 1.07. The average Bonchev–Trinajstić information content (AvgIpc) is 3.34. The van der Waals surface area contributed by atoms with Gasteiger partial charge in [0.2, 0.25) is 0 Å². The highest BCUT2D eigenvalue weighted by Gasteiger charge is 2.46. The minimum Gasteiger partial charge on any atom is -0.503 e. The van der Waals surface area contributed by atoms with Crippen molar-refractivity contribution in [3.63, 3.8) is 0 Å². The van der Waals surface area contributed by atoms with Gasteiger partial charge in [0, 0.05) is 23.4 Å². The quantitative estimate of drug-likeness (QED) is 0.545. The fraction of sp³-hybridized carbons (Fsp3) is 0.231. The Bertz CT molecular complexity index is 1410. The summed E-state index contributed by atoms with van der Waals surface area (Å²) in [6.45, 7) is 5.16. The lowest BCUT2D eigenvalue weighted by Crippen LogP contribution is -2.32. The molecule has 0 saturated carbocycles. The first kappa shape index (κ1) is 23.5. The zero-order chi connectivity index (χ0) is 24.8. The Morgan fingerprint density at radius 1 is 1.03 bits per heavy atom. The van der Waals surface area contributed by atoms with Gasteiger partial charge in [-0.3, -0.25) is 14.5 Å². The molecule has 4 rings (SSSR count). The molecule has 176 valence electrons. The number of ketones is 1. The van der Waals surface area contributed by atoms with Crippen LogP contribution in [0.5, 0.6) is 0 Å². The monoisotopic (exact) mass is 479 g/mol. The highest BCUT2D eigenvalue weighted by molar-refractivity contribution is 7.90. The molecule has 0 aliphatic carbocycles. The van der Waals surface area contributed by atoms with E-state index in [-0.39, 0.29) is 16.0 Å². The summed E-state index contributed by atoms with van der Waals surface area (Å²) in [6, 6.07) is 15.7. The summed E-state index contributed by atoms with van der Waals surface area (Å²) >= 11 is 0. The summed E-state index contributed by atoms with van der Waals surface area (Å²) in [5.41, 5.74) is 1.33. The molecule has 1 N–H and O–H groups in total. The maximum Gasteiger partial charge on any atom is 0.294 e. The van der Waals surface area contributed by atoms with Crippen LogP contribution in [0.2, 0.25) is 0 Å². The van der Waals surface area contributed by atoms with E-state index < -0.39 is 39.2 Å². The Balaban J connectivity index is 1.89. The van der Waals surface area contributed by atoms with E-state index in [2.05, 4.69) is 0 Å². The predicted molar refractivity (Wildman–Crippen MR) is 128 cm³/mol. The van der Waals surface area contributed by atoms with E-state index in [1.807, 2.05) is 19.1 Å². The summed E-state index contributed by atoms with van der Waals surface area (Å²) in [5.74, 6) is -0.951. The summed E-state index contributed by atoms with van der Waals surface area (Å²) in [7, 11) is -3.69. The molecule has 0 bridgehead atoms. The second-order valence-corrected chi connectivity index (χ2v) is 10.6. The van der Waals surface area contributed by atoms with E-state index in [4.69, 9.17) is 4.42 Å². The maximum atomic E-state index is 13.2. The lowest BCUT2D eigenvalue weighted by atomic mass is 9.91. The van der Waals surface area contributed by atoms with Gasteiger partial charge in [0.25, 0.3) is 5.91 Å². The van der Waals surface area contributed by atoms with E-state index in [0.29, 0.717) is 11.4 Å². The minimum atomic E-state index is -3.69. The van der Waals surface area contributed by atoms with Crippen LogP contribution in [0.25, 0.3) is 11.3 Å². The molecule has 1 aliphatic heterocycles. The van der Waals surface area contributed by atoms with E-state index in [0.717, 1.165) is 17.6 Å². The second kappa shape index (κ2) is 8.61. The van der Waals surface area contributed by atoms with Crippen molar-refractivity contribution in [2.45, 2.75) is 31.7 Å². The van der Waals surface area contributed by atoms with Gasteiger partial charge >= 0.3 is 0 Å². The van der Waals surface area contributed by atoms with Crippen molar-refractivity contribution in [2.75, 3.05) is 11.2 Å². The van der Waals surface area contributed by atoms with Crippen LogP contribution in [0.3, 0.4) is 0 Å². The molecular weight excluding hydrogens is 454 g/mol. The maximum absolute atomic E-state index is 13.2. The van der Waals surface area contributed by atoms with E-state index >= 15 is 0 Å². The third kappa shape index (κ3) is 4.05. The molecular formula is C26H25NO6S. The molecule has 3 aromatic rings. The first-order chi connectivity index (χ1) is 16.0. The van der Waals surface area contributed by atoms with Crippen LogP contribution in [0.15, 0.2) is 81.3 Å². The molecule has 0 saturated heterocycles. The van der Waals surface area contributed by atoms with Gasteiger partial charge in [-0.25, -0.2) is 8.42 Å². The van der Waals surface area contributed by atoms with Crippen LogP contribution < -0.4 is 4.90 Å². The molecule has 0 radical (unpaired) electrons. The normalized spacial score (nSPS) is 16.6. The zero-order valence-electron chi connectivity index (χ0n) is 19.3. The molecule has 1 atom stereocenters. The number of benzene rings is 2. The number of nitrogens with zero attached hydrogens (tertiary/aromatic N) is 1. The number of anilines is 1. The van der Waals surface area contributed by atoms with Gasteiger partial charge in [0.15, 0.2) is 21.4 Å².